The summed E-state index contributed by atoms with van der Waals surface area (Å²) in [5.74, 6) is -1.28. The monoisotopic (exact) mass is 638 g/mol. The average molecular weight is 639 g/mol. The number of phenols is 2. The second kappa shape index (κ2) is 13.0. The third-order valence-electron chi connectivity index (χ3n) is 7.70. The van der Waals surface area contributed by atoms with E-state index in [0.29, 0.717) is 5.75 Å². The summed E-state index contributed by atoms with van der Waals surface area (Å²) < 4.78 is 38.9. The van der Waals surface area contributed by atoms with Gasteiger partial charge in [-0.05, 0) is 25.1 Å². The molecule has 0 amide bonds. The molecule has 0 aliphatic carbocycles. The molecule has 0 radical (unpaired) electrons. The average Bonchev–Trinajstić information content (AvgIpc) is 3.02. The van der Waals surface area contributed by atoms with E-state index in [1.165, 1.54) is 39.3 Å². The van der Waals surface area contributed by atoms with Crippen LogP contribution in [0, 0.1) is 0 Å². The van der Waals surface area contributed by atoms with Gasteiger partial charge in [-0.3, -0.25) is 4.79 Å². The van der Waals surface area contributed by atoms with Crippen LogP contribution in [0.5, 0.6) is 28.7 Å². The molecule has 5 rings (SSSR count). The number of hydrogen-bond donors (Lipinski definition) is 8. The van der Waals surface area contributed by atoms with Gasteiger partial charge in [-0.2, -0.15) is 0 Å². The predicted octanol–water partition coefficient (Wildman–Crippen LogP) is -1.08. The molecule has 3 aromatic rings. The van der Waals surface area contributed by atoms with E-state index < -0.39 is 90.7 Å². The number of hydrogen-bond acceptors (Lipinski definition) is 16. The Morgan fingerprint density at radius 3 is 2.13 bits per heavy atom. The number of aliphatic hydroxyl groups is 6. The maximum atomic E-state index is 13.8. The van der Waals surface area contributed by atoms with E-state index in [1.807, 2.05) is 0 Å². The summed E-state index contributed by atoms with van der Waals surface area (Å²) in [5.41, 5.74) is -0.953. The van der Waals surface area contributed by atoms with Gasteiger partial charge in [0.2, 0.25) is 17.5 Å². The predicted molar refractivity (Wildman–Crippen MR) is 150 cm³/mol. The zero-order valence-electron chi connectivity index (χ0n) is 24.2. The normalized spacial score (nSPS) is 31.9. The van der Waals surface area contributed by atoms with Crippen molar-refractivity contribution in [3.05, 3.63) is 40.6 Å². The molecular formula is C29H34O16. The highest BCUT2D eigenvalue weighted by atomic mass is 16.7. The van der Waals surface area contributed by atoms with E-state index in [4.69, 9.17) is 32.8 Å². The topological polar surface area (TPSA) is 247 Å². The summed E-state index contributed by atoms with van der Waals surface area (Å²) in [6.07, 6.45) is -15.9. The highest BCUT2D eigenvalue weighted by molar-refractivity contribution is 5.88. The zero-order valence-corrected chi connectivity index (χ0v) is 24.2. The number of aliphatic hydroxyl groups excluding tert-OH is 6. The van der Waals surface area contributed by atoms with Crippen LogP contribution in [0.1, 0.15) is 6.92 Å². The SMILES string of the molecule is COc1ccc(-c2oc3cc(O)cc(O)c3c(=O)c2O[C@@H]2O[C@H](CO[C@@H]3O[C@@H](C)[C@H](O)[C@@H](O)[C@H]3O)[C@@H](O)[C@H](O)[C@H]2O)cc1OC. The Bertz CT molecular complexity index is 1570. The Kier molecular flexibility index (Phi) is 9.41. The van der Waals surface area contributed by atoms with Crippen LogP contribution in [0.2, 0.25) is 0 Å². The molecule has 45 heavy (non-hydrogen) atoms. The molecule has 8 N–H and O–H groups in total. The lowest BCUT2D eigenvalue weighted by Crippen LogP contribution is -2.61. The molecule has 1 aromatic heterocycles. The van der Waals surface area contributed by atoms with Crippen molar-refractivity contribution in [2.75, 3.05) is 20.8 Å². The van der Waals surface area contributed by atoms with Crippen molar-refractivity contribution in [3.63, 3.8) is 0 Å². The third-order valence-corrected chi connectivity index (χ3v) is 7.70. The molecule has 10 atom stereocenters. The molecule has 246 valence electrons. The van der Waals surface area contributed by atoms with Crippen LogP contribution in [0.4, 0.5) is 0 Å². The van der Waals surface area contributed by atoms with Gasteiger partial charge in [-0.1, -0.05) is 0 Å². The first-order chi connectivity index (χ1) is 21.4. The van der Waals surface area contributed by atoms with Crippen LogP contribution < -0.4 is 19.6 Å². The first-order valence-corrected chi connectivity index (χ1v) is 13.8. The van der Waals surface area contributed by atoms with Crippen molar-refractivity contribution < 1.29 is 73.7 Å². The summed E-state index contributed by atoms with van der Waals surface area (Å²) in [6.45, 7) is 0.868. The standard InChI is InChI=1S/C29H34O16/c1-10-19(32)22(35)24(37)28(42-10)41-9-17-20(33)23(36)25(38)29(44-17)45-27-21(34)18-13(31)7-12(30)8-16(18)43-26(27)11-4-5-14(39-2)15(6-11)40-3/h4-8,10,17,19-20,22-25,28-33,35-38H,9H2,1-3H3/t10-,17+,19-,20+,22+,23-,24+,25+,28+,29-/m0/s1. The van der Waals surface area contributed by atoms with Gasteiger partial charge in [0, 0.05) is 17.7 Å². The van der Waals surface area contributed by atoms with Gasteiger partial charge in [-0.25, -0.2) is 0 Å². The zero-order chi connectivity index (χ0) is 32.7. The minimum Gasteiger partial charge on any atom is -0.508 e. The Morgan fingerprint density at radius 2 is 1.44 bits per heavy atom. The maximum absolute atomic E-state index is 13.8. The highest BCUT2D eigenvalue weighted by Crippen LogP contribution is 2.40. The van der Waals surface area contributed by atoms with E-state index in [1.54, 1.807) is 0 Å². The lowest BCUT2D eigenvalue weighted by atomic mass is 9.98. The lowest BCUT2D eigenvalue weighted by Gasteiger charge is -2.42. The number of ether oxygens (including phenoxy) is 6. The molecule has 2 aliphatic rings. The van der Waals surface area contributed by atoms with Crippen molar-refractivity contribution in [2.24, 2.45) is 0 Å². The molecule has 0 saturated carbocycles. The van der Waals surface area contributed by atoms with E-state index in [2.05, 4.69) is 0 Å². The molecule has 16 heteroatoms. The molecule has 0 spiro atoms. The van der Waals surface area contributed by atoms with Crippen LogP contribution in [-0.2, 0) is 14.2 Å². The fraction of sp³-hybridized carbons (Fsp3) is 0.483. The number of phenolic OH excluding ortho intramolecular Hbond substituents is 2. The number of benzene rings is 2. The molecule has 3 heterocycles. The van der Waals surface area contributed by atoms with Gasteiger partial charge in [0.25, 0.3) is 0 Å². The number of rotatable bonds is 8. The second-order valence-corrected chi connectivity index (χ2v) is 10.6. The fourth-order valence-corrected chi connectivity index (χ4v) is 5.15. The number of fused-ring (bicyclic) bond motifs is 1. The first-order valence-electron chi connectivity index (χ1n) is 13.8. The third kappa shape index (κ3) is 6.11. The molecule has 0 unspecified atom stereocenters. The summed E-state index contributed by atoms with van der Waals surface area (Å²) in [6, 6.07) is 6.48. The van der Waals surface area contributed by atoms with Gasteiger partial charge >= 0.3 is 0 Å². The van der Waals surface area contributed by atoms with Crippen LogP contribution >= 0.6 is 0 Å². The van der Waals surface area contributed by atoms with Gasteiger partial charge in [0.1, 0.15) is 65.2 Å². The van der Waals surface area contributed by atoms with Crippen molar-refractivity contribution in [1.29, 1.82) is 0 Å². The molecule has 16 nitrogen and oxygen atoms in total. The van der Waals surface area contributed by atoms with Crippen LogP contribution in [0.15, 0.2) is 39.5 Å². The number of aromatic hydroxyl groups is 2. The maximum Gasteiger partial charge on any atom is 0.239 e. The van der Waals surface area contributed by atoms with Gasteiger partial charge in [-0.15, -0.1) is 0 Å². The smallest absolute Gasteiger partial charge is 0.239 e. The minimum atomic E-state index is -1.92. The Hall–Kier alpha value is -3.71. The quantitative estimate of drug-likeness (QED) is 0.146. The summed E-state index contributed by atoms with van der Waals surface area (Å²) in [5, 5.41) is 82.3. The van der Waals surface area contributed by atoms with Crippen LogP contribution in [0.3, 0.4) is 0 Å². The van der Waals surface area contributed by atoms with E-state index >= 15 is 0 Å². The van der Waals surface area contributed by atoms with E-state index in [-0.39, 0.29) is 28.0 Å². The van der Waals surface area contributed by atoms with Crippen molar-refractivity contribution in [1.82, 2.24) is 0 Å². The van der Waals surface area contributed by atoms with Gasteiger partial charge in [0.05, 0.1) is 26.9 Å². The summed E-state index contributed by atoms with van der Waals surface area (Å²) >= 11 is 0. The summed E-state index contributed by atoms with van der Waals surface area (Å²) in [4.78, 5) is 13.8. The Balaban J connectivity index is 1.50. The van der Waals surface area contributed by atoms with Crippen LogP contribution in [-0.4, -0.2) is 123 Å². The van der Waals surface area contributed by atoms with Crippen molar-refractivity contribution in [2.45, 2.75) is 68.3 Å². The van der Waals surface area contributed by atoms with Crippen LogP contribution in [0.25, 0.3) is 22.3 Å². The fourth-order valence-electron chi connectivity index (χ4n) is 5.15. The lowest BCUT2D eigenvalue weighted by molar-refractivity contribution is -0.318. The molecule has 2 aliphatic heterocycles. The van der Waals surface area contributed by atoms with Crippen molar-refractivity contribution >= 4 is 11.0 Å². The Morgan fingerprint density at radius 1 is 0.778 bits per heavy atom. The Labute approximate surface area is 254 Å². The molecule has 2 aromatic carbocycles. The van der Waals surface area contributed by atoms with Gasteiger partial charge < -0.3 is 73.7 Å². The molecular weight excluding hydrogens is 604 g/mol. The molecule has 2 fully saturated rings. The molecule has 2 saturated heterocycles. The second-order valence-electron chi connectivity index (χ2n) is 10.6. The summed E-state index contributed by atoms with van der Waals surface area (Å²) in [7, 11) is 2.80. The van der Waals surface area contributed by atoms with E-state index in [9.17, 15) is 45.6 Å². The van der Waals surface area contributed by atoms with Gasteiger partial charge in [0.15, 0.2) is 23.5 Å². The first kappa shape index (κ1) is 32.7. The largest absolute Gasteiger partial charge is 0.508 e. The minimum absolute atomic E-state index is 0.202. The number of methoxy groups -OCH3 is 2. The molecule has 0 bridgehead atoms. The van der Waals surface area contributed by atoms with Crippen molar-refractivity contribution in [3.8, 4) is 40.1 Å². The van der Waals surface area contributed by atoms with E-state index in [0.717, 1.165) is 12.1 Å². The highest BCUT2D eigenvalue weighted by Gasteiger charge is 2.47.